The normalized spacial score (nSPS) is 12.1. The summed E-state index contributed by atoms with van der Waals surface area (Å²) in [4.78, 5) is 12.9. The second kappa shape index (κ2) is 10.5. The average Bonchev–Trinajstić information content (AvgIpc) is 2.79. The van der Waals surface area contributed by atoms with Gasteiger partial charge in [-0.1, -0.05) is 48.0 Å². The molecule has 0 unspecified atom stereocenters. The van der Waals surface area contributed by atoms with Gasteiger partial charge in [0.2, 0.25) is 5.91 Å². The predicted octanol–water partition coefficient (Wildman–Crippen LogP) is 4.77. The van der Waals surface area contributed by atoms with Crippen LogP contribution in [0.25, 0.3) is 0 Å². The van der Waals surface area contributed by atoms with E-state index in [0.29, 0.717) is 17.0 Å². The first-order chi connectivity index (χ1) is 15.7. The Morgan fingerprint density at radius 3 is 2.27 bits per heavy atom. The van der Waals surface area contributed by atoms with Crippen LogP contribution in [0.5, 0.6) is 5.75 Å². The molecule has 1 atom stereocenters. The third-order valence-electron chi connectivity index (χ3n) is 5.48. The molecular weight excluding hydrogens is 436 g/mol. The Kier molecular flexibility index (Phi) is 7.76. The minimum Gasteiger partial charge on any atom is -0.497 e. The summed E-state index contributed by atoms with van der Waals surface area (Å²) in [6, 6.07) is 21.5. The summed E-state index contributed by atoms with van der Waals surface area (Å²) in [5.41, 5.74) is 3.10. The van der Waals surface area contributed by atoms with E-state index >= 15 is 0 Å². The van der Waals surface area contributed by atoms with Gasteiger partial charge in [0.05, 0.1) is 23.7 Å². The van der Waals surface area contributed by atoms with Crippen molar-refractivity contribution in [3.8, 4) is 5.75 Å². The number of nitrogens with zero attached hydrogens (tertiary/aromatic N) is 1. The van der Waals surface area contributed by atoms with Gasteiger partial charge in [0.15, 0.2) is 0 Å². The van der Waals surface area contributed by atoms with Crippen LogP contribution < -0.4 is 14.4 Å². The fourth-order valence-electron chi connectivity index (χ4n) is 3.69. The van der Waals surface area contributed by atoms with E-state index < -0.39 is 10.0 Å². The molecule has 0 aromatic heterocycles. The molecule has 0 spiro atoms. The SMILES string of the molecule is COc1ccc(N(CCC(=O)N[C@@H](C)c2ccccc2)S(=O)(=O)c2ccc(C)cc2C)cc1. The summed E-state index contributed by atoms with van der Waals surface area (Å²) in [7, 11) is -2.33. The van der Waals surface area contributed by atoms with E-state index in [1.165, 1.54) is 4.31 Å². The molecule has 0 aliphatic heterocycles. The van der Waals surface area contributed by atoms with E-state index in [0.717, 1.165) is 11.1 Å². The first kappa shape index (κ1) is 24.3. The Labute approximate surface area is 196 Å². The van der Waals surface area contributed by atoms with Crippen LogP contribution in [-0.2, 0) is 14.8 Å². The quantitative estimate of drug-likeness (QED) is 0.493. The Balaban J connectivity index is 1.85. The fourth-order valence-corrected chi connectivity index (χ4v) is 5.36. The zero-order valence-corrected chi connectivity index (χ0v) is 20.2. The van der Waals surface area contributed by atoms with E-state index in [1.807, 2.05) is 50.2 Å². The maximum absolute atomic E-state index is 13.6. The molecule has 0 saturated carbocycles. The lowest BCUT2D eigenvalue weighted by atomic mass is 10.1. The first-order valence-corrected chi connectivity index (χ1v) is 12.2. The number of hydrogen-bond donors (Lipinski definition) is 1. The fraction of sp³-hybridized carbons (Fsp3) is 0.269. The average molecular weight is 467 g/mol. The Bertz CT molecular complexity index is 1190. The van der Waals surface area contributed by atoms with E-state index in [-0.39, 0.29) is 29.8 Å². The zero-order chi connectivity index (χ0) is 24.0. The number of amides is 1. The minimum atomic E-state index is -3.88. The molecule has 6 nitrogen and oxygen atoms in total. The molecule has 174 valence electrons. The number of sulfonamides is 1. The van der Waals surface area contributed by atoms with Crippen molar-refractivity contribution < 1.29 is 17.9 Å². The molecule has 0 bridgehead atoms. The lowest BCUT2D eigenvalue weighted by molar-refractivity contribution is -0.121. The van der Waals surface area contributed by atoms with Crippen LogP contribution in [0.3, 0.4) is 0 Å². The number of anilines is 1. The monoisotopic (exact) mass is 466 g/mol. The predicted molar refractivity (Wildman–Crippen MR) is 131 cm³/mol. The topological polar surface area (TPSA) is 75.7 Å². The summed E-state index contributed by atoms with van der Waals surface area (Å²) in [5, 5.41) is 2.95. The van der Waals surface area contributed by atoms with Crippen molar-refractivity contribution in [3.63, 3.8) is 0 Å². The largest absolute Gasteiger partial charge is 0.497 e. The van der Waals surface area contributed by atoms with Crippen molar-refractivity contribution in [2.45, 2.75) is 38.1 Å². The van der Waals surface area contributed by atoms with Gasteiger partial charge in [-0.05, 0) is 62.2 Å². The van der Waals surface area contributed by atoms with E-state index in [1.54, 1.807) is 50.4 Å². The molecular formula is C26H30N2O4S. The highest BCUT2D eigenvalue weighted by Crippen LogP contribution is 2.28. The number of ether oxygens (including phenoxy) is 1. The van der Waals surface area contributed by atoms with Gasteiger partial charge in [0.25, 0.3) is 10.0 Å². The van der Waals surface area contributed by atoms with Crippen molar-refractivity contribution >= 4 is 21.6 Å². The third kappa shape index (κ3) is 5.93. The highest BCUT2D eigenvalue weighted by molar-refractivity contribution is 7.92. The van der Waals surface area contributed by atoms with Gasteiger partial charge in [0, 0.05) is 13.0 Å². The number of rotatable bonds is 9. The van der Waals surface area contributed by atoms with Crippen LogP contribution in [0.4, 0.5) is 5.69 Å². The summed E-state index contributed by atoms with van der Waals surface area (Å²) in [5.74, 6) is 0.401. The number of methoxy groups -OCH3 is 1. The van der Waals surface area contributed by atoms with Crippen LogP contribution in [0, 0.1) is 13.8 Å². The molecule has 1 amide bonds. The molecule has 0 fully saturated rings. The van der Waals surface area contributed by atoms with Crippen molar-refractivity contribution in [3.05, 3.63) is 89.5 Å². The molecule has 33 heavy (non-hydrogen) atoms. The lowest BCUT2D eigenvalue weighted by Gasteiger charge is -2.26. The van der Waals surface area contributed by atoms with Crippen molar-refractivity contribution in [2.24, 2.45) is 0 Å². The Morgan fingerprint density at radius 2 is 1.67 bits per heavy atom. The standard InChI is InChI=1S/C26H30N2O4S/c1-19-10-15-25(20(2)18-19)33(30,31)28(23-11-13-24(32-4)14-12-23)17-16-26(29)27-21(3)22-8-6-5-7-9-22/h5-15,18,21H,16-17H2,1-4H3,(H,27,29)/t21-/m0/s1. The minimum absolute atomic E-state index is 0.00925. The Morgan fingerprint density at radius 1 is 1.00 bits per heavy atom. The summed E-state index contributed by atoms with van der Waals surface area (Å²) < 4.78 is 33.8. The zero-order valence-electron chi connectivity index (χ0n) is 19.4. The summed E-state index contributed by atoms with van der Waals surface area (Å²) >= 11 is 0. The number of hydrogen-bond acceptors (Lipinski definition) is 4. The molecule has 0 saturated heterocycles. The van der Waals surface area contributed by atoms with Crippen LogP contribution in [0.15, 0.2) is 77.7 Å². The third-order valence-corrected chi connectivity index (χ3v) is 7.47. The van der Waals surface area contributed by atoms with E-state index in [4.69, 9.17) is 4.74 Å². The van der Waals surface area contributed by atoms with Crippen molar-refractivity contribution in [1.82, 2.24) is 5.32 Å². The van der Waals surface area contributed by atoms with Crippen molar-refractivity contribution in [1.29, 1.82) is 0 Å². The molecule has 3 aromatic carbocycles. The first-order valence-electron chi connectivity index (χ1n) is 10.8. The van der Waals surface area contributed by atoms with Gasteiger partial charge < -0.3 is 10.1 Å². The van der Waals surface area contributed by atoms with Crippen LogP contribution >= 0.6 is 0 Å². The van der Waals surface area contributed by atoms with Gasteiger partial charge >= 0.3 is 0 Å². The molecule has 3 aromatic rings. The number of benzene rings is 3. The van der Waals surface area contributed by atoms with E-state index in [2.05, 4.69) is 5.32 Å². The highest BCUT2D eigenvalue weighted by Gasteiger charge is 2.27. The van der Waals surface area contributed by atoms with Crippen molar-refractivity contribution in [2.75, 3.05) is 18.0 Å². The number of carbonyl (C=O) groups excluding carboxylic acids is 1. The number of carbonyl (C=O) groups is 1. The van der Waals surface area contributed by atoms with Gasteiger partial charge in [-0.2, -0.15) is 0 Å². The second-order valence-electron chi connectivity index (χ2n) is 7.99. The van der Waals surface area contributed by atoms with Crippen LogP contribution in [-0.4, -0.2) is 28.0 Å². The van der Waals surface area contributed by atoms with Gasteiger partial charge in [-0.3, -0.25) is 9.10 Å². The van der Waals surface area contributed by atoms with E-state index in [9.17, 15) is 13.2 Å². The maximum Gasteiger partial charge on any atom is 0.264 e. The number of aryl methyl sites for hydroxylation is 2. The van der Waals surface area contributed by atoms with Gasteiger partial charge in [-0.15, -0.1) is 0 Å². The molecule has 3 rings (SSSR count). The molecule has 1 N–H and O–H groups in total. The molecule has 7 heteroatoms. The molecule has 0 radical (unpaired) electrons. The Hall–Kier alpha value is -3.32. The van der Waals surface area contributed by atoms with Crippen LogP contribution in [0.2, 0.25) is 0 Å². The lowest BCUT2D eigenvalue weighted by Crippen LogP contribution is -2.36. The smallest absolute Gasteiger partial charge is 0.264 e. The molecule has 0 aliphatic carbocycles. The van der Waals surface area contributed by atoms with Crippen LogP contribution in [0.1, 0.15) is 36.1 Å². The molecule has 0 aliphatic rings. The summed E-state index contributed by atoms with van der Waals surface area (Å²) in [6.07, 6.45) is 0.0212. The van der Waals surface area contributed by atoms with Gasteiger partial charge in [0.1, 0.15) is 5.75 Å². The summed E-state index contributed by atoms with van der Waals surface area (Å²) in [6.45, 7) is 5.61. The molecule has 0 heterocycles. The maximum atomic E-state index is 13.6. The van der Waals surface area contributed by atoms with Gasteiger partial charge in [-0.25, -0.2) is 8.42 Å². The highest BCUT2D eigenvalue weighted by atomic mass is 32.2. The number of nitrogens with one attached hydrogen (secondary N) is 1. The second-order valence-corrected chi connectivity index (χ2v) is 9.82.